The van der Waals surface area contributed by atoms with Gasteiger partial charge in [-0.25, -0.2) is 0 Å². The molecule has 0 N–H and O–H groups in total. The summed E-state index contributed by atoms with van der Waals surface area (Å²) in [5, 5.41) is 0. The minimum absolute atomic E-state index is 0.201. The largest absolute Gasteiger partial charge is 0.342 e. The van der Waals surface area contributed by atoms with Crippen LogP contribution in [0.4, 0.5) is 0 Å². The molecular formula is C25H39NS2. The number of hydrogen-bond acceptors (Lipinski definition) is 2. The number of aromatic nitrogens is 1. The van der Waals surface area contributed by atoms with Gasteiger partial charge >= 0.3 is 0 Å². The third kappa shape index (κ3) is 2.91. The van der Waals surface area contributed by atoms with Crippen molar-refractivity contribution in [2.75, 3.05) is 0 Å². The summed E-state index contributed by atoms with van der Waals surface area (Å²) in [5.74, 6) is 0. The molecule has 2 atom stereocenters. The van der Waals surface area contributed by atoms with Gasteiger partial charge in [0, 0.05) is 27.6 Å². The molecule has 3 aromatic rings. The van der Waals surface area contributed by atoms with E-state index in [-0.39, 0.29) is 21.7 Å². The second kappa shape index (κ2) is 6.60. The van der Waals surface area contributed by atoms with Crippen LogP contribution in [0.2, 0.25) is 0 Å². The Balaban J connectivity index is 2.24. The standard InChI is InChI=1S/C25H39NS2/c1-12-24(9,22(3,4)5)18-14-16-20(27-18)21-17(26(16)11)15-19(28-21)25(10,13-2)23(6,7)8/h14-15H,12-13H2,1-11H3. The molecule has 0 spiro atoms. The van der Waals surface area contributed by atoms with Gasteiger partial charge in [-0.15, -0.1) is 22.7 Å². The van der Waals surface area contributed by atoms with Crippen LogP contribution in [0.1, 0.15) is 91.8 Å². The van der Waals surface area contributed by atoms with Gasteiger partial charge in [0.2, 0.25) is 0 Å². The molecule has 2 unspecified atom stereocenters. The number of hydrogen-bond donors (Lipinski definition) is 0. The SMILES string of the molecule is CCC(C)(c1cc2c(s1)c1sc(C(C)(CC)C(C)(C)C)cc1n2C)C(C)(C)C. The van der Waals surface area contributed by atoms with Crippen LogP contribution in [-0.4, -0.2) is 4.57 Å². The molecule has 3 heterocycles. The molecule has 0 saturated heterocycles. The normalized spacial score (nSPS) is 18.0. The van der Waals surface area contributed by atoms with Gasteiger partial charge in [-0.1, -0.05) is 69.2 Å². The van der Waals surface area contributed by atoms with E-state index in [0.717, 1.165) is 0 Å². The fraction of sp³-hybridized carbons (Fsp3) is 0.680. The predicted molar refractivity (Wildman–Crippen MR) is 130 cm³/mol. The first-order chi connectivity index (χ1) is 12.7. The van der Waals surface area contributed by atoms with E-state index in [0.29, 0.717) is 0 Å². The number of aryl methyl sites for hydroxylation is 1. The number of rotatable bonds is 4. The number of nitrogens with zero attached hydrogens (tertiary/aromatic N) is 1. The van der Waals surface area contributed by atoms with Crippen molar-refractivity contribution in [2.24, 2.45) is 17.9 Å². The number of fused-ring (bicyclic) bond motifs is 3. The Bertz CT molecular complexity index is 922. The highest BCUT2D eigenvalue weighted by Crippen LogP contribution is 2.52. The van der Waals surface area contributed by atoms with Crippen molar-refractivity contribution >= 4 is 43.1 Å². The average Bonchev–Trinajstić information content (AvgIpc) is 3.26. The van der Waals surface area contributed by atoms with Crippen molar-refractivity contribution in [3.05, 3.63) is 21.9 Å². The maximum absolute atomic E-state index is 2.48. The molecule has 0 bridgehead atoms. The van der Waals surface area contributed by atoms with E-state index in [4.69, 9.17) is 0 Å². The van der Waals surface area contributed by atoms with Crippen LogP contribution >= 0.6 is 22.7 Å². The van der Waals surface area contributed by atoms with Gasteiger partial charge in [0.25, 0.3) is 0 Å². The monoisotopic (exact) mass is 417 g/mol. The van der Waals surface area contributed by atoms with Crippen molar-refractivity contribution in [3.8, 4) is 0 Å². The highest BCUT2D eigenvalue weighted by Gasteiger charge is 2.41. The van der Waals surface area contributed by atoms with Crippen molar-refractivity contribution < 1.29 is 0 Å². The van der Waals surface area contributed by atoms with E-state index in [9.17, 15) is 0 Å². The molecular weight excluding hydrogens is 378 g/mol. The fourth-order valence-corrected chi connectivity index (χ4v) is 7.79. The summed E-state index contributed by atoms with van der Waals surface area (Å²) < 4.78 is 5.40. The topological polar surface area (TPSA) is 4.93 Å². The van der Waals surface area contributed by atoms with Gasteiger partial charge in [0.1, 0.15) is 0 Å². The molecule has 0 aliphatic carbocycles. The van der Waals surface area contributed by atoms with Gasteiger partial charge in [0.15, 0.2) is 0 Å². The first kappa shape index (κ1) is 21.9. The Kier molecular flexibility index (Phi) is 5.16. The van der Waals surface area contributed by atoms with E-state index in [2.05, 4.69) is 93.0 Å². The average molecular weight is 418 g/mol. The molecule has 3 aromatic heterocycles. The molecule has 1 nitrogen and oxygen atoms in total. The van der Waals surface area contributed by atoms with Gasteiger partial charge in [-0.3, -0.25) is 0 Å². The summed E-state index contributed by atoms with van der Waals surface area (Å²) in [6.07, 6.45) is 2.33. The molecule has 0 radical (unpaired) electrons. The number of thiophene rings is 2. The Morgan fingerprint density at radius 2 is 1.00 bits per heavy atom. The maximum atomic E-state index is 2.48. The molecule has 0 aliphatic rings. The van der Waals surface area contributed by atoms with Gasteiger partial charge < -0.3 is 4.57 Å². The summed E-state index contributed by atoms with van der Waals surface area (Å²) in [4.78, 5) is 3.07. The second-order valence-electron chi connectivity index (χ2n) is 11.1. The third-order valence-corrected chi connectivity index (χ3v) is 11.1. The summed E-state index contributed by atoms with van der Waals surface area (Å²) in [6, 6.07) is 4.95. The Hall–Kier alpha value is -0.800. The Morgan fingerprint density at radius 3 is 1.25 bits per heavy atom. The Morgan fingerprint density at radius 1 is 0.679 bits per heavy atom. The van der Waals surface area contributed by atoms with E-state index in [1.165, 1.54) is 43.0 Å². The van der Waals surface area contributed by atoms with Crippen molar-refractivity contribution in [3.63, 3.8) is 0 Å². The lowest BCUT2D eigenvalue weighted by atomic mass is 9.65. The molecule has 3 rings (SSSR count). The lowest BCUT2D eigenvalue weighted by Crippen LogP contribution is -2.35. The molecule has 3 heteroatoms. The lowest BCUT2D eigenvalue weighted by molar-refractivity contribution is 0.200. The highest BCUT2D eigenvalue weighted by molar-refractivity contribution is 7.27. The summed E-state index contributed by atoms with van der Waals surface area (Å²) in [6.45, 7) is 23.9. The van der Waals surface area contributed by atoms with Gasteiger partial charge in [-0.05, 0) is 35.8 Å². The minimum Gasteiger partial charge on any atom is -0.342 e. The van der Waals surface area contributed by atoms with Crippen molar-refractivity contribution in [1.82, 2.24) is 4.57 Å². The maximum Gasteiger partial charge on any atom is 0.0703 e. The summed E-state index contributed by atoms with van der Waals surface area (Å²) in [5.41, 5.74) is 3.71. The zero-order valence-corrected chi connectivity index (χ0v) is 21.5. The molecule has 28 heavy (non-hydrogen) atoms. The van der Waals surface area contributed by atoms with Crippen LogP contribution < -0.4 is 0 Å². The first-order valence-corrected chi connectivity index (χ1v) is 12.4. The quantitative estimate of drug-likeness (QED) is 0.399. The fourth-order valence-electron chi connectivity index (χ4n) is 4.41. The molecule has 0 amide bonds. The molecule has 156 valence electrons. The zero-order valence-electron chi connectivity index (χ0n) is 19.8. The van der Waals surface area contributed by atoms with Crippen LogP contribution in [0.5, 0.6) is 0 Å². The molecule has 0 aliphatic heterocycles. The zero-order chi connectivity index (χ0) is 21.3. The van der Waals surface area contributed by atoms with E-state index in [1.807, 2.05) is 22.7 Å². The van der Waals surface area contributed by atoms with E-state index < -0.39 is 0 Å². The van der Waals surface area contributed by atoms with Crippen LogP contribution in [0.3, 0.4) is 0 Å². The van der Waals surface area contributed by atoms with Crippen LogP contribution in [0.15, 0.2) is 12.1 Å². The predicted octanol–water partition coefficient (Wildman–Crippen LogP) is 8.88. The van der Waals surface area contributed by atoms with Crippen LogP contribution in [0.25, 0.3) is 20.4 Å². The van der Waals surface area contributed by atoms with E-state index in [1.54, 1.807) is 0 Å². The van der Waals surface area contributed by atoms with Gasteiger partial charge in [-0.2, -0.15) is 0 Å². The minimum atomic E-state index is 0.201. The summed E-state index contributed by atoms with van der Waals surface area (Å²) >= 11 is 4.07. The molecule has 0 aromatic carbocycles. The smallest absolute Gasteiger partial charge is 0.0703 e. The Labute approximate surface area is 180 Å². The molecule has 0 fully saturated rings. The van der Waals surface area contributed by atoms with Crippen molar-refractivity contribution in [2.45, 2.75) is 92.9 Å². The van der Waals surface area contributed by atoms with Crippen LogP contribution in [0, 0.1) is 10.8 Å². The second-order valence-corrected chi connectivity index (χ2v) is 13.2. The molecule has 0 saturated carbocycles. The van der Waals surface area contributed by atoms with Crippen molar-refractivity contribution in [1.29, 1.82) is 0 Å². The van der Waals surface area contributed by atoms with Gasteiger partial charge in [0.05, 0.1) is 20.4 Å². The lowest BCUT2D eigenvalue weighted by Gasteiger charge is -2.41. The summed E-state index contributed by atoms with van der Waals surface area (Å²) in [7, 11) is 2.25. The first-order valence-electron chi connectivity index (χ1n) is 10.7. The third-order valence-electron chi connectivity index (χ3n) is 8.17. The van der Waals surface area contributed by atoms with Crippen LogP contribution in [-0.2, 0) is 17.9 Å². The highest BCUT2D eigenvalue weighted by atomic mass is 32.1. The van der Waals surface area contributed by atoms with E-state index >= 15 is 0 Å².